The zero-order valence-corrected chi connectivity index (χ0v) is 17.6. The number of morpholine rings is 1. The first kappa shape index (κ1) is 21.1. The summed E-state index contributed by atoms with van der Waals surface area (Å²) in [7, 11) is 1.82. The second-order valence-electron chi connectivity index (χ2n) is 7.37. The van der Waals surface area contributed by atoms with Crippen molar-refractivity contribution in [1.29, 1.82) is 0 Å². The highest BCUT2D eigenvalue weighted by atomic mass is 32.1. The van der Waals surface area contributed by atoms with E-state index in [0.717, 1.165) is 70.2 Å². The van der Waals surface area contributed by atoms with Crippen LogP contribution in [0.1, 0.15) is 37.4 Å². The molecule has 6 nitrogen and oxygen atoms in total. The highest BCUT2D eigenvalue weighted by Crippen LogP contribution is 2.11. The molecule has 2 N–H and O–H groups in total. The molecular weight excluding hydrogens is 346 g/mol. The summed E-state index contributed by atoms with van der Waals surface area (Å²) >= 11 is 1.76. The minimum Gasteiger partial charge on any atom is -0.374 e. The van der Waals surface area contributed by atoms with Gasteiger partial charge >= 0.3 is 0 Å². The first-order chi connectivity index (χ1) is 12.6. The third-order valence-electron chi connectivity index (χ3n) is 4.34. The van der Waals surface area contributed by atoms with Crippen LogP contribution in [0.15, 0.2) is 10.4 Å². The lowest BCUT2D eigenvalue weighted by molar-refractivity contribution is -0.0284. The van der Waals surface area contributed by atoms with E-state index < -0.39 is 0 Å². The smallest absolute Gasteiger partial charge is 0.191 e. The van der Waals surface area contributed by atoms with Crippen LogP contribution in [0.3, 0.4) is 0 Å². The lowest BCUT2D eigenvalue weighted by atomic mass is 10.2. The Morgan fingerprint density at radius 2 is 2.27 bits per heavy atom. The van der Waals surface area contributed by atoms with Gasteiger partial charge in [0.05, 0.1) is 17.7 Å². The molecule has 1 aliphatic heterocycles. The quantitative estimate of drug-likeness (QED) is 0.390. The summed E-state index contributed by atoms with van der Waals surface area (Å²) in [6.45, 7) is 12.3. The summed E-state index contributed by atoms with van der Waals surface area (Å²) in [6, 6.07) is 0. The molecule has 1 unspecified atom stereocenters. The summed E-state index contributed by atoms with van der Waals surface area (Å²) in [4.78, 5) is 11.3. The molecule has 0 aromatic carbocycles. The number of nitrogens with zero attached hydrogens (tertiary/aromatic N) is 3. The number of unbranched alkanes of at least 4 members (excludes halogenated alkanes) is 1. The van der Waals surface area contributed by atoms with Gasteiger partial charge in [0, 0.05) is 50.8 Å². The summed E-state index contributed by atoms with van der Waals surface area (Å²) < 4.78 is 5.89. The van der Waals surface area contributed by atoms with Crippen LogP contribution in [0.25, 0.3) is 0 Å². The van der Waals surface area contributed by atoms with Crippen molar-refractivity contribution in [3.63, 3.8) is 0 Å². The van der Waals surface area contributed by atoms with Gasteiger partial charge in [-0.25, -0.2) is 4.98 Å². The number of nitrogens with one attached hydrogen (secondary N) is 2. The summed E-state index contributed by atoms with van der Waals surface area (Å²) in [5.41, 5.74) is 1.13. The summed E-state index contributed by atoms with van der Waals surface area (Å²) in [6.07, 6.45) is 3.55. The van der Waals surface area contributed by atoms with E-state index in [-0.39, 0.29) is 6.10 Å². The van der Waals surface area contributed by atoms with Crippen LogP contribution in [-0.2, 0) is 11.2 Å². The van der Waals surface area contributed by atoms with Crippen LogP contribution < -0.4 is 10.6 Å². The zero-order valence-electron chi connectivity index (χ0n) is 16.8. The average molecular weight is 382 g/mol. The normalized spacial score (nSPS) is 19.1. The second kappa shape index (κ2) is 11.5. The topological polar surface area (TPSA) is 61.8 Å². The third kappa shape index (κ3) is 8.01. The van der Waals surface area contributed by atoms with Crippen LogP contribution in [0.2, 0.25) is 0 Å². The fraction of sp³-hybridized carbons (Fsp3) is 0.789. The average Bonchev–Trinajstić information content (AvgIpc) is 3.02. The van der Waals surface area contributed by atoms with Gasteiger partial charge in [-0.2, -0.15) is 0 Å². The highest BCUT2D eigenvalue weighted by Gasteiger charge is 2.20. The molecule has 0 bridgehead atoms. The lowest BCUT2D eigenvalue weighted by Crippen LogP contribution is -2.50. The Balaban J connectivity index is 1.58. The number of aliphatic imine (C=N–C) groups is 1. The summed E-state index contributed by atoms with van der Waals surface area (Å²) in [5.74, 6) is 1.56. The van der Waals surface area contributed by atoms with Gasteiger partial charge in [0.1, 0.15) is 0 Å². The van der Waals surface area contributed by atoms with Crippen LogP contribution in [0, 0.1) is 12.8 Å². The molecular formula is C19H35N5OS. The molecule has 0 aliphatic carbocycles. The minimum absolute atomic E-state index is 0.231. The van der Waals surface area contributed by atoms with E-state index in [1.807, 2.05) is 7.05 Å². The van der Waals surface area contributed by atoms with Gasteiger partial charge in [-0.15, -0.1) is 11.3 Å². The molecule has 0 spiro atoms. The van der Waals surface area contributed by atoms with Gasteiger partial charge in [-0.1, -0.05) is 13.8 Å². The van der Waals surface area contributed by atoms with E-state index in [1.54, 1.807) is 11.3 Å². The van der Waals surface area contributed by atoms with Gasteiger partial charge in [-0.3, -0.25) is 9.89 Å². The molecule has 7 heteroatoms. The molecule has 0 saturated carbocycles. The number of hydrogen-bond acceptors (Lipinski definition) is 5. The molecule has 1 aromatic rings. The Bertz CT molecular complexity index is 546. The number of ether oxygens (including phenoxy) is 1. The third-order valence-corrected chi connectivity index (χ3v) is 5.37. The minimum atomic E-state index is 0.231. The maximum Gasteiger partial charge on any atom is 0.191 e. The van der Waals surface area contributed by atoms with Crippen molar-refractivity contribution in [1.82, 2.24) is 20.5 Å². The van der Waals surface area contributed by atoms with Crippen molar-refractivity contribution in [2.45, 2.75) is 46.1 Å². The Kier molecular flexibility index (Phi) is 9.36. The van der Waals surface area contributed by atoms with Crippen molar-refractivity contribution in [3.8, 4) is 0 Å². The van der Waals surface area contributed by atoms with E-state index in [9.17, 15) is 0 Å². The summed E-state index contributed by atoms with van der Waals surface area (Å²) in [5, 5.41) is 10.2. The Morgan fingerprint density at radius 1 is 1.42 bits per heavy atom. The van der Waals surface area contributed by atoms with E-state index in [4.69, 9.17) is 4.74 Å². The van der Waals surface area contributed by atoms with E-state index in [2.05, 4.69) is 51.7 Å². The largest absolute Gasteiger partial charge is 0.374 e. The number of hydrogen-bond donors (Lipinski definition) is 2. The first-order valence-corrected chi connectivity index (χ1v) is 10.6. The molecule has 1 aliphatic rings. The molecule has 1 saturated heterocycles. The molecule has 1 fully saturated rings. The van der Waals surface area contributed by atoms with Gasteiger partial charge in [0.25, 0.3) is 0 Å². The Morgan fingerprint density at radius 3 is 2.96 bits per heavy atom. The molecule has 148 valence electrons. The van der Waals surface area contributed by atoms with Crippen molar-refractivity contribution in [2.75, 3.05) is 46.4 Å². The van der Waals surface area contributed by atoms with Gasteiger partial charge in [-0.05, 0) is 32.1 Å². The van der Waals surface area contributed by atoms with Crippen molar-refractivity contribution >= 4 is 17.3 Å². The molecule has 2 rings (SSSR count). The van der Waals surface area contributed by atoms with Crippen LogP contribution in [0.4, 0.5) is 0 Å². The SMILES string of the molecule is CN=C(NCCCCc1nc(C)cs1)NCC1CN(CC(C)C)CCO1. The Hall–Kier alpha value is -1.18. The van der Waals surface area contributed by atoms with Crippen LogP contribution in [-0.4, -0.2) is 68.3 Å². The number of aromatic nitrogens is 1. The van der Waals surface area contributed by atoms with E-state index in [0.29, 0.717) is 5.92 Å². The second-order valence-corrected chi connectivity index (χ2v) is 8.31. The molecule has 1 aromatic heterocycles. The van der Waals surface area contributed by atoms with Crippen molar-refractivity contribution in [2.24, 2.45) is 10.9 Å². The monoisotopic (exact) mass is 381 g/mol. The molecule has 0 radical (unpaired) electrons. The predicted octanol–water partition coefficient (Wildman–Crippen LogP) is 2.30. The Labute approximate surface area is 162 Å². The maximum absolute atomic E-state index is 5.89. The highest BCUT2D eigenvalue weighted by molar-refractivity contribution is 7.09. The fourth-order valence-electron chi connectivity index (χ4n) is 3.14. The zero-order chi connectivity index (χ0) is 18.8. The predicted molar refractivity (Wildman–Crippen MR) is 110 cm³/mol. The number of thiazole rings is 1. The molecule has 1 atom stereocenters. The number of aryl methyl sites for hydroxylation is 2. The van der Waals surface area contributed by atoms with E-state index in [1.165, 1.54) is 5.01 Å². The van der Waals surface area contributed by atoms with Crippen molar-refractivity contribution in [3.05, 3.63) is 16.1 Å². The number of rotatable bonds is 9. The van der Waals surface area contributed by atoms with Crippen LogP contribution >= 0.6 is 11.3 Å². The van der Waals surface area contributed by atoms with Crippen LogP contribution in [0.5, 0.6) is 0 Å². The molecule has 0 amide bonds. The molecule has 2 heterocycles. The van der Waals surface area contributed by atoms with Gasteiger partial charge < -0.3 is 15.4 Å². The van der Waals surface area contributed by atoms with Gasteiger partial charge in [0.2, 0.25) is 0 Å². The first-order valence-electron chi connectivity index (χ1n) is 9.76. The maximum atomic E-state index is 5.89. The lowest BCUT2D eigenvalue weighted by Gasteiger charge is -2.34. The van der Waals surface area contributed by atoms with Gasteiger partial charge in [0.15, 0.2) is 5.96 Å². The standard InChI is InChI=1S/C19H35N5OS/c1-15(2)12-24-9-10-25-17(13-24)11-22-19(20-4)21-8-6-5-7-18-23-16(3)14-26-18/h14-15,17H,5-13H2,1-4H3,(H2,20,21,22). The number of guanidine groups is 1. The fourth-order valence-corrected chi connectivity index (χ4v) is 3.96. The molecule has 26 heavy (non-hydrogen) atoms. The van der Waals surface area contributed by atoms with Crippen molar-refractivity contribution < 1.29 is 4.74 Å². The van der Waals surface area contributed by atoms with E-state index >= 15 is 0 Å².